The largest absolute Gasteiger partial charge is 0.483 e. The molecule has 2 heterocycles. The standard InChI is InChI=1S/C24H23ClN4O3S/c1-16-21(28-32-27-16)14-29(2)13-18-12-17(23-4-3-11-33-23)5-10-22(18)31-15-24(30)26-20-8-6-19(25)7-9-20/h3-12H,13-15H2,1-2H3,(H,26,30). The molecule has 1 N–H and O–H groups in total. The normalized spacial score (nSPS) is 11.0. The number of carbonyl (C=O) groups is 1. The zero-order valence-corrected chi connectivity index (χ0v) is 19.8. The highest BCUT2D eigenvalue weighted by Gasteiger charge is 2.14. The maximum Gasteiger partial charge on any atom is 0.262 e. The van der Waals surface area contributed by atoms with Crippen LogP contribution in [-0.2, 0) is 17.9 Å². The molecule has 0 saturated heterocycles. The van der Waals surface area contributed by atoms with E-state index in [1.807, 2.05) is 37.6 Å². The van der Waals surface area contributed by atoms with Gasteiger partial charge in [-0.1, -0.05) is 28.0 Å². The lowest BCUT2D eigenvalue weighted by molar-refractivity contribution is -0.118. The van der Waals surface area contributed by atoms with Gasteiger partial charge >= 0.3 is 0 Å². The number of rotatable bonds is 9. The van der Waals surface area contributed by atoms with Gasteiger partial charge in [-0.25, -0.2) is 4.63 Å². The molecule has 0 unspecified atom stereocenters. The van der Waals surface area contributed by atoms with E-state index in [0.717, 1.165) is 22.5 Å². The Morgan fingerprint density at radius 1 is 1.15 bits per heavy atom. The Balaban J connectivity index is 1.47. The number of thiophene rings is 1. The first-order valence-electron chi connectivity index (χ1n) is 10.3. The molecule has 170 valence electrons. The molecule has 1 amide bonds. The molecule has 4 rings (SSSR count). The molecule has 0 fully saturated rings. The maximum atomic E-state index is 12.4. The number of aromatic nitrogens is 2. The van der Waals surface area contributed by atoms with Crippen LogP contribution in [0.5, 0.6) is 5.75 Å². The van der Waals surface area contributed by atoms with Gasteiger partial charge in [-0.15, -0.1) is 11.3 Å². The quantitative estimate of drug-likeness (QED) is 0.343. The second kappa shape index (κ2) is 10.6. The third kappa shape index (κ3) is 6.19. The molecule has 0 aliphatic rings. The Bertz CT molecular complexity index is 1210. The highest BCUT2D eigenvalue weighted by Crippen LogP contribution is 2.30. The van der Waals surface area contributed by atoms with Crippen molar-refractivity contribution in [1.29, 1.82) is 0 Å². The molecule has 2 aromatic carbocycles. The minimum absolute atomic E-state index is 0.107. The van der Waals surface area contributed by atoms with Gasteiger partial charge in [-0.05, 0) is 73.4 Å². The van der Waals surface area contributed by atoms with Crippen molar-refractivity contribution in [3.05, 3.63) is 82.0 Å². The van der Waals surface area contributed by atoms with Crippen LogP contribution in [0.4, 0.5) is 5.69 Å². The van der Waals surface area contributed by atoms with Gasteiger partial charge in [0, 0.05) is 34.2 Å². The zero-order valence-electron chi connectivity index (χ0n) is 18.2. The van der Waals surface area contributed by atoms with Crippen LogP contribution in [0.15, 0.2) is 64.6 Å². The van der Waals surface area contributed by atoms with Crippen molar-refractivity contribution >= 4 is 34.5 Å². The van der Waals surface area contributed by atoms with Crippen molar-refractivity contribution in [3.8, 4) is 16.2 Å². The van der Waals surface area contributed by atoms with Gasteiger partial charge in [0.15, 0.2) is 6.61 Å². The molecule has 0 aliphatic heterocycles. The summed E-state index contributed by atoms with van der Waals surface area (Å²) in [6, 6.07) is 17.1. The van der Waals surface area contributed by atoms with Gasteiger partial charge in [0.25, 0.3) is 5.91 Å². The number of carbonyl (C=O) groups excluding carboxylic acids is 1. The van der Waals surface area contributed by atoms with Crippen molar-refractivity contribution in [2.75, 3.05) is 19.0 Å². The van der Waals surface area contributed by atoms with Gasteiger partial charge in [0.2, 0.25) is 0 Å². The first kappa shape index (κ1) is 23.0. The molecule has 4 aromatic rings. The van der Waals surface area contributed by atoms with Crippen molar-refractivity contribution < 1.29 is 14.2 Å². The van der Waals surface area contributed by atoms with Crippen LogP contribution in [0.3, 0.4) is 0 Å². The van der Waals surface area contributed by atoms with E-state index in [2.05, 4.69) is 32.7 Å². The SMILES string of the molecule is Cc1nonc1CN(C)Cc1cc(-c2cccs2)ccc1OCC(=O)Nc1ccc(Cl)cc1. The van der Waals surface area contributed by atoms with Crippen molar-refractivity contribution in [2.24, 2.45) is 0 Å². The summed E-state index contributed by atoms with van der Waals surface area (Å²) in [6.45, 7) is 2.93. The summed E-state index contributed by atoms with van der Waals surface area (Å²) in [4.78, 5) is 15.7. The lowest BCUT2D eigenvalue weighted by Crippen LogP contribution is -2.22. The van der Waals surface area contributed by atoms with Crippen LogP contribution in [0.1, 0.15) is 17.0 Å². The predicted octanol–water partition coefficient (Wildman–Crippen LogP) is 5.41. The lowest BCUT2D eigenvalue weighted by Gasteiger charge is -2.19. The third-order valence-corrected chi connectivity index (χ3v) is 6.13. The number of amides is 1. The fourth-order valence-electron chi connectivity index (χ4n) is 3.31. The summed E-state index contributed by atoms with van der Waals surface area (Å²) in [5, 5.41) is 13.3. The molecular formula is C24H23ClN4O3S. The van der Waals surface area contributed by atoms with E-state index < -0.39 is 0 Å². The Morgan fingerprint density at radius 2 is 1.97 bits per heavy atom. The second-order valence-corrected chi connectivity index (χ2v) is 9.00. The monoisotopic (exact) mass is 482 g/mol. The Hall–Kier alpha value is -3.20. The molecule has 0 saturated carbocycles. The fraction of sp³-hybridized carbons (Fsp3) is 0.208. The number of ether oxygens (including phenoxy) is 1. The van der Waals surface area contributed by atoms with Crippen LogP contribution >= 0.6 is 22.9 Å². The number of nitrogens with zero attached hydrogens (tertiary/aromatic N) is 3. The number of hydrogen-bond acceptors (Lipinski definition) is 7. The lowest BCUT2D eigenvalue weighted by atomic mass is 10.1. The number of hydrogen-bond donors (Lipinski definition) is 1. The van der Waals surface area contributed by atoms with Crippen molar-refractivity contribution in [1.82, 2.24) is 15.2 Å². The number of anilines is 1. The van der Waals surface area contributed by atoms with Gasteiger partial charge in [-0.3, -0.25) is 9.69 Å². The van der Waals surface area contributed by atoms with Gasteiger partial charge < -0.3 is 10.1 Å². The van der Waals surface area contributed by atoms with Gasteiger partial charge in [-0.2, -0.15) is 0 Å². The average Bonchev–Trinajstić information content (AvgIpc) is 3.47. The van der Waals surface area contributed by atoms with Gasteiger partial charge in [0.05, 0.1) is 0 Å². The summed E-state index contributed by atoms with van der Waals surface area (Å²) in [7, 11) is 1.99. The topological polar surface area (TPSA) is 80.5 Å². The first-order valence-corrected chi connectivity index (χ1v) is 11.6. The van der Waals surface area contributed by atoms with E-state index in [-0.39, 0.29) is 12.5 Å². The third-order valence-electron chi connectivity index (χ3n) is 4.96. The predicted molar refractivity (Wildman–Crippen MR) is 130 cm³/mol. The fourth-order valence-corrected chi connectivity index (χ4v) is 4.16. The highest BCUT2D eigenvalue weighted by atomic mass is 35.5. The molecule has 2 aromatic heterocycles. The Morgan fingerprint density at radius 3 is 2.67 bits per heavy atom. The number of benzene rings is 2. The van der Waals surface area contributed by atoms with Crippen LogP contribution in [0.2, 0.25) is 5.02 Å². The minimum Gasteiger partial charge on any atom is -0.483 e. The molecule has 0 spiro atoms. The van der Waals surface area contributed by atoms with E-state index in [9.17, 15) is 4.79 Å². The maximum absolute atomic E-state index is 12.4. The van der Waals surface area contributed by atoms with Crippen LogP contribution in [0.25, 0.3) is 10.4 Å². The average molecular weight is 483 g/mol. The summed E-state index contributed by atoms with van der Waals surface area (Å²) >= 11 is 7.58. The summed E-state index contributed by atoms with van der Waals surface area (Å²) in [6.07, 6.45) is 0. The van der Waals surface area contributed by atoms with Gasteiger partial charge in [0.1, 0.15) is 17.1 Å². The van der Waals surface area contributed by atoms with E-state index >= 15 is 0 Å². The summed E-state index contributed by atoms with van der Waals surface area (Å²) < 4.78 is 10.7. The summed E-state index contributed by atoms with van der Waals surface area (Å²) in [5.41, 5.74) is 4.29. The Kier molecular flexibility index (Phi) is 7.39. The minimum atomic E-state index is -0.247. The number of halogens is 1. The Labute approximate surface area is 200 Å². The second-order valence-electron chi connectivity index (χ2n) is 7.61. The van der Waals surface area contributed by atoms with E-state index in [1.165, 1.54) is 4.88 Å². The molecule has 0 aliphatic carbocycles. The van der Waals surface area contributed by atoms with E-state index in [1.54, 1.807) is 35.6 Å². The molecule has 9 heteroatoms. The molecule has 7 nitrogen and oxygen atoms in total. The van der Waals surface area contributed by atoms with Crippen LogP contribution in [0, 0.1) is 6.92 Å². The molecule has 0 radical (unpaired) electrons. The van der Waals surface area contributed by atoms with E-state index in [0.29, 0.717) is 29.5 Å². The molecule has 0 atom stereocenters. The van der Waals surface area contributed by atoms with Crippen molar-refractivity contribution in [3.63, 3.8) is 0 Å². The molecule has 33 heavy (non-hydrogen) atoms. The zero-order chi connectivity index (χ0) is 23.2. The number of aryl methyl sites for hydroxylation is 1. The van der Waals surface area contributed by atoms with E-state index in [4.69, 9.17) is 21.0 Å². The molecule has 0 bridgehead atoms. The first-order chi connectivity index (χ1) is 16.0. The van der Waals surface area contributed by atoms with Crippen LogP contribution < -0.4 is 10.1 Å². The smallest absolute Gasteiger partial charge is 0.262 e. The van der Waals surface area contributed by atoms with Crippen LogP contribution in [-0.4, -0.2) is 34.8 Å². The number of nitrogens with one attached hydrogen (secondary N) is 1. The highest BCUT2D eigenvalue weighted by molar-refractivity contribution is 7.13. The summed E-state index contributed by atoms with van der Waals surface area (Å²) in [5.74, 6) is 0.409. The van der Waals surface area contributed by atoms with Crippen molar-refractivity contribution in [2.45, 2.75) is 20.0 Å². The molecular weight excluding hydrogens is 460 g/mol.